The maximum Gasteiger partial charge on any atom is 0.344 e. The molecule has 0 aliphatic rings. The lowest BCUT2D eigenvalue weighted by molar-refractivity contribution is 0.0951. The Hall–Kier alpha value is -4.97. The van der Waals surface area contributed by atoms with Gasteiger partial charge in [-0.1, -0.05) is 54.6 Å². The number of hydrogen-bond donors (Lipinski definition) is 1. The van der Waals surface area contributed by atoms with E-state index >= 15 is 0 Å². The maximum absolute atomic E-state index is 12.7. The van der Waals surface area contributed by atoms with Crippen LogP contribution in [0.4, 0.5) is 0 Å². The summed E-state index contributed by atoms with van der Waals surface area (Å²) in [6.07, 6.45) is 0. The molecule has 0 saturated heterocycles. The minimum absolute atomic E-state index is 0.199. The highest BCUT2D eigenvalue weighted by Crippen LogP contribution is 2.24. The highest BCUT2D eigenvalue weighted by Gasteiger charge is 2.11. The van der Waals surface area contributed by atoms with Gasteiger partial charge in [0.15, 0.2) is 5.58 Å². The van der Waals surface area contributed by atoms with Crippen molar-refractivity contribution < 1.29 is 13.6 Å². The van der Waals surface area contributed by atoms with Crippen molar-refractivity contribution in [2.24, 2.45) is 0 Å². The quantitative estimate of drug-likeness (QED) is 0.302. The van der Waals surface area contributed by atoms with Crippen LogP contribution in [0.1, 0.15) is 15.9 Å². The van der Waals surface area contributed by atoms with Gasteiger partial charge in [-0.15, -0.1) is 0 Å². The summed E-state index contributed by atoms with van der Waals surface area (Å²) < 4.78 is 11.2. The van der Waals surface area contributed by atoms with Crippen molar-refractivity contribution in [1.82, 2.24) is 10.3 Å². The fraction of sp³-hybridized carbons (Fsp3) is 0.0333. The molecule has 4 aromatic carbocycles. The lowest BCUT2D eigenvalue weighted by Gasteiger charge is -2.07. The molecule has 36 heavy (non-hydrogen) atoms. The minimum Gasteiger partial charge on any atom is -0.436 e. The van der Waals surface area contributed by atoms with E-state index in [2.05, 4.69) is 10.3 Å². The lowest BCUT2D eigenvalue weighted by Crippen LogP contribution is -2.22. The fourth-order valence-corrected chi connectivity index (χ4v) is 4.11. The van der Waals surface area contributed by atoms with Gasteiger partial charge in [-0.2, -0.15) is 0 Å². The number of fused-ring (bicyclic) bond motifs is 2. The van der Waals surface area contributed by atoms with E-state index in [9.17, 15) is 9.59 Å². The normalized spacial score (nSPS) is 11.1. The molecule has 6 aromatic rings. The molecule has 0 aliphatic carbocycles. The number of rotatable bonds is 5. The van der Waals surface area contributed by atoms with Crippen LogP contribution in [-0.2, 0) is 6.54 Å². The number of benzene rings is 4. The van der Waals surface area contributed by atoms with Crippen molar-refractivity contribution in [1.29, 1.82) is 0 Å². The Morgan fingerprint density at radius 2 is 1.44 bits per heavy atom. The molecule has 1 amide bonds. The SMILES string of the molecule is O=C(NCc1ccc(-c2nc3ccccc3o2)cc1)c1ccc(-c2cc3ccccc3oc2=O)cc1. The Bertz CT molecular complexity index is 1730. The molecule has 0 unspecified atom stereocenters. The standard InChI is InChI=1S/C30H20N2O4/c33-28(21-15-13-20(14-16-21)24-17-23-5-1-3-7-26(23)36-30(24)34)31-18-19-9-11-22(12-10-19)29-32-25-6-2-4-8-27(25)35-29/h1-17H,18H2,(H,31,33). The Labute approximate surface area is 205 Å². The van der Waals surface area contributed by atoms with E-state index in [1.165, 1.54) is 0 Å². The molecule has 2 aromatic heterocycles. The van der Waals surface area contributed by atoms with Gasteiger partial charge in [0, 0.05) is 23.1 Å². The van der Waals surface area contributed by atoms with Crippen LogP contribution in [0.15, 0.2) is 117 Å². The monoisotopic (exact) mass is 472 g/mol. The Balaban J connectivity index is 1.13. The second kappa shape index (κ2) is 9.00. The zero-order valence-corrected chi connectivity index (χ0v) is 19.1. The van der Waals surface area contributed by atoms with Crippen LogP contribution >= 0.6 is 0 Å². The second-order valence-corrected chi connectivity index (χ2v) is 8.43. The summed E-state index contributed by atoms with van der Waals surface area (Å²) in [6, 6.07) is 31.5. The predicted molar refractivity (Wildman–Crippen MR) is 139 cm³/mol. The number of amides is 1. The smallest absolute Gasteiger partial charge is 0.344 e. The summed E-state index contributed by atoms with van der Waals surface area (Å²) >= 11 is 0. The first-order valence-electron chi connectivity index (χ1n) is 11.5. The summed E-state index contributed by atoms with van der Waals surface area (Å²) in [5.41, 5.74) is 5.18. The summed E-state index contributed by atoms with van der Waals surface area (Å²) in [5.74, 6) is 0.363. The third-order valence-corrected chi connectivity index (χ3v) is 6.05. The van der Waals surface area contributed by atoms with Crippen molar-refractivity contribution in [2.75, 3.05) is 0 Å². The largest absolute Gasteiger partial charge is 0.436 e. The molecule has 2 heterocycles. The fourth-order valence-electron chi connectivity index (χ4n) is 4.11. The molecule has 174 valence electrons. The molecular formula is C30H20N2O4. The molecule has 0 atom stereocenters. The van der Waals surface area contributed by atoms with Crippen LogP contribution in [0.25, 0.3) is 44.7 Å². The van der Waals surface area contributed by atoms with Crippen molar-refractivity contribution in [2.45, 2.75) is 6.54 Å². The van der Waals surface area contributed by atoms with Gasteiger partial charge in [0.25, 0.3) is 5.91 Å². The average molecular weight is 473 g/mol. The van der Waals surface area contributed by atoms with Crippen molar-refractivity contribution in [3.8, 4) is 22.6 Å². The summed E-state index contributed by atoms with van der Waals surface area (Å²) in [6.45, 7) is 0.378. The summed E-state index contributed by atoms with van der Waals surface area (Å²) in [4.78, 5) is 29.6. The third-order valence-electron chi connectivity index (χ3n) is 6.05. The number of nitrogens with zero attached hydrogens (tertiary/aromatic N) is 1. The van der Waals surface area contributed by atoms with Crippen LogP contribution in [0, 0.1) is 0 Å². The first-order chi connectivity index (χ1) is 17.6. The Morgan fingerprint density at radius 1 is 0.750 bits per heavy atom. The number of nitrogens with one attached hydrogen (secondary N) is 1. The van der Waals surface area contributed by atoms with E-state index in [0.29, 0.717) is 34.7 Å². The molecule has 0 fully saturated rings. The molecule has 0 radical (unpaired) electrons. The zero-order chi connectivity index (χ0) is 24.5. The van der Waals surface area contributed by atoms with Gasteiger partial charge in [-0.05, 0) is 59.7 Å². The maximum atomic E-state index is 12.7. The number of carbonyl (C=O) groups is 1. The molecule has 6 nitrogen and oxygen atoms in total. The lowest BCUT2D eigenvalue weighted by atomic mass is 10.0. The minimum atomic E-state index is -0.410. The Kier molecular flexibility index (Phi) is 5.39. The van der Waals surface area contributed by atoms with Crippen LogP contribution in [0.2, 0.25) is 0 Å². The average Bonchev–Trinajstić information content (AvgIpc) is 3.36. The molecule has 0 bridgehead atoms. The van der Waals surface area contributed by atoms with Gasteiger partial charge in [-0.25, -0.2) is 9.78 Å². The van der Waals surface area contributed by atoms with Gasteiger partial charge >= 0.3 is 5.63 Å². The molecule has 6 rings (SSSR count). The second-order valence-electron chi connectivity index (χ2n) is 8.43. The van der Waals surface area contributed by atoms with Crippen LogP contribution in [0.5, 0.6) is 0 Å². The van der Waals surface area contributed by atoms with Crippen LogP contribution < -0.4 is 10.9 Å². The number of oxazole rings is 1. The number of hydrogen-bond acceptors (Lipinski definition) is 5. The molecule has 1 N–H and O–H groups in total. The van der Waals surface area contributed by atoms with Crippen molar-refractivity contribution >= 4 is 28.0 Å². The third kappa shape index (κ3) is 4.16. The van der Waals surface area contributed by atoms with Crippen LogP contribution in [0.3, 0.4) is 0 Å². The summed E-state index contributed by atoms with van der Waals surface area (Å²) in [5, 5.41) is 3.78. The highest BCUT2D eigenvalue weighted by molar-refractivity contribution is 5.94. The van der Waals surface area contributed by atoms with E-state index in [1.807, 2.05) is 66.7 Å². The first-order valence-corrected chi connectivity index (χ1v) is 11.5. The van der Waals surface area contributed by atoms with Gasteiger partial charge < -0.3 is 14.2 Å². The molecule has 0 saturated carbocycles. The number of para-hydroxylation sites is 3. The molecular weight excluding hydrogens is 452 g/mol. The van der Waals surface area contributed by atoms with Crippen LogP contribution in [-0.4, -0.2) is 10.9 Å². The van der Waals surface area contributed by atoms with Crippen molar-refractivity contribution in [3.63, 3.8) is 0 Å². The van der Waals surface area contributed by atoms with Gasteiger partial charge in [0.05, 0.1) is 5.56 Å². The predicted octanol–water partition coefficient (Wildman–Crippen LogP) is 6.20. The van der Waals surface area contributed by atoms with E-state index in [0.717, 1.165) is 27.6 Å². The molecule has 0 aliphatic heterocycles. The first kappa shape index (κ1) is 21.6. The molecule has 6 heteroatoms. The van der Waals surface area contributed by atoms with Gasteiger partial charge in [0.2, 0.25) is 5.89 Å². The van der Waals surface area contributed by atoms with E-state index in [1.54, 1.807) is 36.4 Å². The number of aromatic nitrogens is 1. The molecule has 0 spiro atoms. The van der Waals surface area contributed by atoms with E-state index in [-0.39, 0.29) is 5.91 Å². The van der Waals surface area contributed by atoms with E-state index < -0.39 is 5.63 Å². The Morgan fingerprint density at radius 3 is 2.22 bits per heavy atom. The number of carbonyl (C=O) groups excluding carboxylic acids is 1. The van der Waals surface area contributed by atoms with E-state index in [4.69, 9.17) is 8.83 Å². The highest BCUT2D eigenvalue weighted by atomic mass is 16.4. The van der Waals surface area contributed by atoms with Gasteiger partial charge in [0.1, 0.15) is 11.1 Å². The van der Waals surface area contributed by atoms with Gasteiger partial charge in [-0.3, -0.25) is 4.79 Å². The zero-order valence-electron chi connectivity index (χ0n) is 19.1. The topological polar surface area (TPSA) is 85.3 Å². The van der Waals surface area contributed by atoms with Crippen molar-refractivity contribution in [3.05, 3.63) is 125 Å². The summed E-state index contributed by atoms with van der Waals surface area (Å²) in [7, 11) is 0.